The minimum Gasteiger partial charge on any atom is -0.372 e. The van der Waals surface area contributed by atoms with Crippen LogP contribution in [-0.2, 0) is 4.74 Å². The summed E-state index contributed by atoms with van der Waals surface area (Å²) in [7, 11) is 2.17. The first-order valence-electron chi connectivity index (χ1n) is 9.48. The van der Waals surface area contributed by atoms with Crippen molar-refractivity contribution in [2.24, 2.45) is 0 Å². The molecule has 3 aliphatic heterocycles. The lowest BCUT2D eigenvalue weighted by atomic mass is 9.89. The predicted octanol–water partition coefficient (Wildman–Crippen LogP) is 1.62. The number of piperidine rings is 1. The number of aromatic nitrogens is 1. The third-order valence-corrected chi connectivity index (χ3v) is 5.82. The van der Waals surface area contributed by atoms with Gasteiger partial charge in [0.2, 0.25) is 0 Å². The molecule has 0 aliphatic carbocycles. The Balaban J connectivity index is 1.43. The predicted molar refractivity (Wildman–Crippen MR) is 97.0 cm³/mol. The highest BCUT2D eigenvalue weighted by atomic mass is 16.5. The van der Waals surface area contributed by atoms with Crippen LogP contribution in [0.5, 0.6) is 0 Å². The molecule has 0 bridgehead atoms. The highest BCUT2D eigenvalue weighted by molar-refractivity contribution is 5.95. The van der Waals surface area contributed by atoms with Crippen LogP contribution in [0.4, 0.5) is 5.82 Å². The van der Waals surface area contributed by atoms with Gasteiger partial charge in [-0.05, 0) is 44.9 Å². The molecule has 0 N–H and O–H groups in total. The van der Waals surface area contributed by atoms with Gasteiger partial charge in [0.1, 0.15) is 5.82 Å². The number of hydrogen-bond acceptors (Lipinski definition) is 5. The number of likely N-dealkylation sites (N-methyl/N-ethyl adjacent to an activating group) is 1. The maximum atomic E-state index is 12.6. The van der Waals surface area contributed by atoms with Crippen LogP contribution in [0.2, 0.25) is 0 Å². The Morgan fingerprint density at radius 3 is 2.64 bits per heavy atom. The summed E-state index contributed by atoms with van der Waals surface area (Å²) in [6.45, 7) is 6.50. The number of ether oxygens (including phenoxy) is 1. The van der Waals surface area contributed by atoms with Gasteiger partial charge in [-0.15, -0.1) is 0 Å². The fourth-order valence-electron chi connectivity index (χ4n) is 4.31. The molecule has 1 aromatic rings. The second kappa shape index (κ2) is 6.92. The topological polar surface area (TPSA) is 48.9 Å². The molecule has 0 unspecified atom stereocenters. The molecule has 0 aromatic carbocycles. The molecule has 1 amide bonds. The summed E-state index contributed by atoms with van der Waals surface area (Å²) in [6.07, 6.45) is 6.04. The van der Waals surface area contributed by atoms with Crippen LogP contribution in [0.1, 0.15) is 36.0 Å². The second-order valence-electron chi connectivity index (χ2n) is 7.66. The van der Waals surface area contributed by atoms with Crippen LogP contribution in [0.3, 0.4) is 0 Å². The smallest absolute Gasteiger partial charge is 0.254 e. The Bertz CT molecular complexity index is 622. The number of rotatable bonds is 2. The third-order valence-electron chi connectivity index (χ3n) is 5.82. The standard InChI is InChI=1S/C19H28N4O2/c1-21-12-13-25-19(15-21)5-10-22(11-6-19)17-14-16(4-7-20-17)18(24)23-8-2-3-9-23/h4,7,14H,2-3,5-6,8-13,15H2,1H3. The van der Waals surface area contributed by atoms with Crippen LogP contribution >= 0.6 is 0 Å². The van der Waals surface area contributed by atoms with Gasteiger partial charge >= 0.3 is 0 Å². The number of amides is 1. The summed E-state index contributed by atoms with van der Waals surface area (Å²) in [5.74, 6) is 1.07. The first kappa shape index (κ1) is 16.8. The lowest BCUT2D eigenvalue weighted by Gasteiger charge is -2.46. The van der Waals surface area contributed by atoms with Crippen molar-refractivity contribution in [3.05, 3.63) is 23.9 Å². The molecule has 0 saturated carbocycles. The molecule has 4 rings (SSSR count). The Labute approximate surface area is 149 Å². The van der Waals surface area contributed by atoms with Crippen LogP contribution in [-0.4, -0.2) is 79.2 Å². The third kappa shape index (κ3) is 3.51. The number of likely N-dealkylation sites (tertiary alicyclic amines) is 1. The maximum absolute atomic E-state index is 12.6. The summed E-state index contributed by atoms with van der Waals surface area (Å²) in [5.41, 5.74) is 0.771. The van der Waals surface area contributed by atoms with Gasteiger partial charge < -0.3 is 19.4 Å². The zero-order valence-corrected chi connectivity index (χ0v) is 15.1. The van der Waals surface area contributed by atoms with Gasteiger partial charge in [-0.2, -0.15) is 0 Å². The highest BCUT2D eigenvalue weighted by Gasteiger charge is 2.39. The van der Waals surface area contributed by atoms with Crippen molar-refractivity contribution in [2.75, 3.05) is 57.8 Å². The molecule has 1 spiro atoms. The minimum atomic E-state index is 0.00643. The zero-order chi connectivity index (χ0) is 17.3. The fraction of sp³-hybridized carbons (Fsp3) is 0.684. The van der Waals surface area contributed by atoms with E-state index in [-0.39, 0.29) is 11.5 Å². The van der Waals surface area contributed by atoms with Crippen molar-refractivity contribution in [1.29, 1.82) is 0 Å². The van der Waals surface area contributed by atoms with Crippen LogP contribution in [0.25, 0.3) is 0 Å². The van der Waals surface area contributed by atoms with E-state index in [2.05, 4.69) is 21.8 Å². The first-order chi connectivity index (χ1) is 12.2. The number of pyridine rings is 1. The van der Waals surface area contributed by atoms with Crippen molar-refractivity contribution in [2.45, 2.75) is 31.3 Å². The zero-order valence-electron chi connectivity index (χ0n) is 15.1. The van der Waals surface area contributed by atoms with E-state index in [1.54, 1.807) is 6.20 Å². The summed E-state index contributed by atoms with van der Waals surface area (Å²) < 4.78 is 6.14. The largest absolute Gasteiger partial charge is 0.372 e. The molecular formula is C19H28N4O2. The molecule has 4 heterocycles. The average molecular weight is 344 g/mol. The van der Waals surface area contributed by atoms with E-state index in [4.69, 9.17) is 4.74 Å². The molecule has 3 fully saturated rings. The Morgan fingerprint density at radius 1 is 1.16 bits per heavy atom. The molecule has 6 heteroatoms. The summed E-state index contributed by atoms with van der Waals surface area (Å²) in [5, 5.41) is 0. The van der Waals surface area contributed by atoms with Gasteiger partial charge in [-0.25, -0.2) is 4.98 Å². The molecular weight excluding hydrogens is 316 g/mol. The van der Waals surface area contributed by atoms with Crippen molar-refractivity contribution in [3.63, 3.8) is 0 Å². The SMILES string of the molecule is CN1CCOC2(CCN(c3cc(C(=O)N4CCCC4)ccn3)CC2)C1. The van der Waals surface area contributed by atoms with E-state index in [0.717, 1.165) is 82.9 Å². The lowest BCUT2D eigenvalue weighted by molar-refractivity contribution is -0.115. The van der Waals surface area contributed by atoms with E-state index < -0.39 is 0 Å². The second-order valence-corrected chi connectivity index (χ2v) is 7.66. The Kier molecular flexibility index (Phi) is 4.65. The molecule has 25 heavy (non-hydrogen) atoms. The van der Waals surface area contributed by atoms with E-state index in [1.165, 1.54) is 0 Å². The molecule has 3 saturated heterocycles. The van der Waals surface area contributed by atoms with Crippen LogP contribution in [0, 0.1) is 0 Å². The van der Waals surface area contributed by atoms with Gasteiger partial charge in [0.25, 0.3) is 5.91 Å². The average Bonchev–Trinajstić information content (AvgIpc) is 3.16. The number of anilines is 1. The van der Waals surface area contributed by atoms with Gasteiger partial charge in [0.15, 0.2) is 0 Å². The quantitative estimate of drug-likeness (QED) is 0.816. The number of hydrogen-bond donors (Lipinski definition) is 0. The number of carbonyl (C=O) groups is 1. The number of carbonyl (C=O) groups excluding carboxylic acids is 1. The summed E-state index contributed by atoms with van der Waals surface area (Å²) in [4.78, 5) is 23.8. The normalized spacial score (nSPS) is 24.0. The molecule has 136 valence electrons. The summed E-state index contributed by atoms with van der Waals surface area (Å²) >= 11 is 0. The van der Waals surface area contributed by atoms with Gasteiger partial charge in [-0.3, -0.25) is 4.79 Å². The van der Waals surface area contributed by atoms with Crippen LogP contribution < -0.4 is 4.90 Å². The Morgan fingerprint density at radius 2 is 1.92 bits per heavy atom. The van der Waals surface area contributed by atoms with Crippen molar-refractivity contribution in [1.82, 2.24) is 14.8 Å². The highest BCUT2D eigenvalue weighted by Crippen LogP contribution is 2.31. The van der Waals surface area contributed by atoms with Crippen LogP contribution in [0.15, 0.2) is 18.3 Å². The van der Waals surface area contributed by atoms with E-state index in [1.807, 2.05) is 17.0 Å². The lowest BCUT2D eigenvalue weighted by Crippen LogP contribution is -2.56. The molecule has 0 atom stereocenters. The molecule has 1 aromatic heterocycles. The van der Waals surface area contributed by atoms with Gasteiger partial charge in [-0.1, -0.05) is 0 Å². The number of nitrogens with zero attached hydrogens (tertiary/aromatic N) is 4. The Hall–Kier alpha value is -1.66. The first-order valence-corrected chi connectivity index (χ1v) is 9.48. The maximum Gasteiger partial charge on any atom is 0.254 e. The van der Waals surface area contributed by atoms with E-state index >= 15 is 0 Å². The molecule has 3 aliphatic rings. The minimum absolute atomic E-state index is 0.00643. The van der Waals surface area contributed by atoms with Gasteiger partial charge in [0, 0.05) is 51.0 Å². The summed E-state index contributed by atoms with van der Waals surface area (Å²) in [6, 6.07) is 3.81. The fourth-order valence-corrected chi connectivity index (χ4v) is 4.31. The monoisotopic (exact) mass is 344 g/mol. The van der Waals surface area contributed by atoms with Crippen molar-refractivity contribution in [3.8, 4) is 0 Å². The number of morpholine rings is 1. The molecule has 0 radical (unpaired) electrons. The van der Waals surface area contributed by atoms with Crippen molar-refractivity contribution >= 4 is 11.7 Å². The van der Waals surface area contributed by atoms with E-state index in [9.17, 15) is 4.79 Å². The van der Waals surface area contributed by atoms with E-state index in [0.29, 0.717) is 0 Å². The molecule has 6 nitrogen and oxygen atoms in total. The van der Waals surface area contributed by atoms with Crippen molar-refractivity contribution < 1.29 is 9.53 Å². The van der Waals surface area contributed by atoms with Gasteiger partial charge in [0.05, 0.1) is 12.2 Å².